The smallest absolute Gasteiger partial charge is 0.257 e. The zero-order chi connectivity index (χ0) is 19.8. The van der Waals surface area contributed by atoms with Gasteiger partial charge in [0, 0.05) is 10.9 Å². The van der Waals surface area contributed by atoms with E-state index in [9.17, 15) is 4.79 Å². The van der Waals surface area contributed by atoms with Crippen molar-refractivity contribution in [2.45, 2.75) is 40.2 Å². The molecule has 0 unspecified atom stereocenters. The number of carbonyl (C=O) groups is 1. The second-order valence-electron chi connectivity index (χ2n) is 7.38. The van der Waals surface area contributed by atoms with Crippen molar-refractivity contribution < 1.29 is 4.79 Å². The van der Waals surface area contributed by atoms with Gasteiger partial charge >= 0.3 is 0 Å². The van der Waals surface area contributed by atoms with E-state index in [1.54, 1.807) is 0 Å². The molecule has 142 valence electrons. The monoisotopic (exact) mass is 372 g/mol. The molecular formula is C23H24N4O. The summed E-state index contributed by atoms with van der Waals surface area (Å²) in [5, 5.41) is 9.64. The lowest BCUT2D eigenvalue weighted by Crippen LogP contribution is -2.14. The average molecular weight is 372 g/mol. The lowest BCUT2D eigenvalue weighted by molar-refractivity contribution is 0.102. The summed E-state index contributed by atoms with van der Waals surface area (Å²) in [6.07, 6.45) is 0.926. The summed E-state index contributed by atoms with van der Waals surface area (Å²) in [7, 11) is 0. The molecule has 2 heterocycles. The Hall–Kier alpha value is -3.21. The number of rotatable bonds is 4. The first-order valence-electron chi connectivity index (χ1n) is 9.64. The summed E-state index contributed by atoms with van der Waals surface area (Å²) in [5.74, 6) is 0.401. The third kappa shape index (κ3) is 3.13. The van der Waals surface area contributed by atoms with Crippen LogP contribution >= 0.6 is 0 Å². The summed E-state index contributed by atoms with van der Waals surface area (Å²) in [4.78, 5) is 17.7. The van der Waals surface area contributed by atoms with Crippen LogP contribution in [0.1, 0.15) is 47.8 Å². The van der Waals surface area contributed by atoms with E-state index in [2.05, 4.69) is 44.3 Å². The largest absolute Gasteiger partial charge is 0.304 e. The number of carbonyl (C=O) groups excluding carboxylic acids is 1. The Morgan fingerprint density at radius 3 is 2.68 bits per heavy atom. The van der Waals surface area contributed by atoms with Crippen LogP contribution in [0.25, 0.3) is 21.9 Å². The molecular weight excluding hydrogens is 348 g/mol. The third-order valence-corrected chi connectivity index (χ3v) is 5.26. The van der Waals surface area contributed by atoms with E-state index in [0.717, 1.165) is 33.9 Å². The predicted molar refractivity (Wildman–Crippen MR) is 114 cm³/mol. The molecule has 2 aromatic carbocycles. The highest BCUT2D eigenvalue weighted by atomic mass is 16.1. The molecule has 0 radical (unpaired) electrons. The fourth-order valence-electron chi connectivity index (χ4n) is 3.42. The Morgan fingerprint density at radius 2 is 1.93 bits per heavy atom. The number of nitrogens with zero attached hydrogens (tertiary/aromatic N) is 3. The van der Waals surface area contributed by atoms with E-state index in [1.807, 2.05) is 41.9 Å². The minimum Gasteiger partial charge on any atom is -0.304 e. The summed E-state index contributed by atoms with van der Waals surface area (Å²) in [6.45, 7) is 8.23. The maximum absolute atomic E-state index is 12.9. The quantitative estimate of drug-likeness (QED) is 0.520. The molecule has 0 aliphatic rings. The fourth-order valence-corrected chi connectivity index (χ4v) is 3.42. The Morgan fingerprint density at radius 1 is 1.14 bits per heavy atom. The number of hydrogen-bond donors (Lipinski definition) is 1. The maximum Gasteiger partial charge on any atom is 0.257 e. The number of aryl methyl sites for hydroxylation is 2. The number of hydrogen-bond acceptors (Lipinski definition) is 3. The lowest BCUT2D eigenvalue weighted by atomic mass is 10.1. The standard InChI is InChI=1S/C23H24N4O/c1-5-16(4)27-22-19(13-17-12-14(2)10-11-20(17)24-22)21(26-27)25-23(28)18-9-7-6-8-15(18)3/h6-13,16H,5H2,1-4H3,(H,25,26,28)/t16-/m0/s1. The third-order valence-electron chi connectivity index (χ3n) is 5.26. The van der Waals surface area contributed by atoms with Crippen LogP contribution in [-0.4, -0.2) is 20.7 Å². The second-order valence-corrected chi connectivity index (χ2v) is 7.38. The van der Waals surface area contributed by atoms with E-state index >= 15 is 0 Å². The molecule has 0 aliphatic heterocycles. The molecule has 1 atom stereocenters. The highest BCUT2D eigenvalue weighted by molar-refractivity contribution is 6.09. The summed E-state index contributed by atoms with van der Waals surface area (Å²) < 4.78 is 1.92. The molecule has 4 rings (SSSR count). The molecule has 2 aromatic heterocycles. The predicted octanol–water partition coefficient (Wildman–Crippen LogP) is 5.42. The zero-order valence-corrected chi connectivity index (χ0v) is 16.7. The van der Waals surface area contributed by atoms with Crippen molar-refractivity contribution in [1.29, 1.82) is 0 Å². The Labute approximate surface area is 164 Å². The van der Waals surface area contributed by atoms with Crippen molar-refractivity contribution in [2.24, 2.45) is 0 Å². The van der Waals surface area contributed by atoms with Gasteiger partial charge in [-0.25, -0.2) is 9.67 Å². The minimum absolute atomic E-state index is 0.154. The van der Waals surface area contributed by atoms with Crippen molar-refractivity contribution >= 4 is 33.7 Å². The van der Waals surface area contributed by atoms with Crippen molar-refractivity contribution in [3.05, 3.63) is 65.2 Å². The molecule has 0 bridgehead atoms. The van der Waals surface area contributed by atoms with Gasteiger partial charge in [0.1, 0.15) is 0 Å². The van der Waals surface area contributed by atoms with E-state index < -0.39 is 0 Å². The molecule has 5 nitrogen and oxygen atoms in total. The summed E-state index contributed by atoms with van der Waals surface area (Å²) in [6, 6.07) is 16.0. The van der Waals surface area contributed by atoms with Crippen LogP contribution in [0.3, 0.4) is 0 Å². The number of nitrogens with one attached hydrogen (secondary N) is 1. The molecule has 28 heavy (non-hydrogen) atoms. The van der Waals surface area contributed by atoms with Crippen molar-refractivity contribution in [3.63, 3.8) is 0 Å². The average Bonchev–Trinajstić information content (AvgIpc) is 3.03. The second kappa shape index (κ2) is 7.08. The van der Waals surface area contributed by atoms with Gasteiger partial charge in [-0.2, -0.15) is 5.10 Å². The first-order chi connectivity index (χ1) is 13.5. The fraction of sp³-hybridized carbons (Fsp3) is 0.261. The number of amides is 1. The van der Waals surface area contributed by atoms with Crippen LogP contribution < -0.4 is 5.32 Å². The van der Waals surface area contributed by atoms with Crippen LogP contribution in [0.5, 0.6) is 0 Å². The number of aromatic nitrogens is 3. The topological polar surface area (TPSA) is 59.8 Å². The van der Waals surface area contributed by atoms with Crippen molar-refractivity contribution in [3.8, 4) is 0 Å². The zero-order valence-electron chi connectivity index (χ0n) is 16.7. The number of fused-ring (bicyclic) bond motifs is 2. The molecule has 0 spiro atoms. The van der Waals surface area contributed by atoms with Crippen molar-refractivity contribution in [2.75, 3.05) is 5.32 Å². The van der Waals surface area contributed by atoms with E-state index in [-0.39, 0.29) is 11.9 Å². The van der Waals surface area contributed by atoms with Gasteiger partial charge in [-0.05, 0) is 57.0 Å². The van der Waals surface area contributed by atoms with Crippen molar-refractivity contribution in [1.82, 2.24) is 14.8 Å². The Bertz CT molecular complexity index is 1190. The maximum atomic E-state index is 12.9. The van der Waals surface area contributed by atoms with Gasteiger partial charge in [-0.15, -0.1) is 0 Å². The molecule has 1 amide bonds. The number of anilines is 1. The van der Waals surface area contributed by atoms with Crippen LogP contribution in [-0.2, 0) is 0 Å². The van der Waals surface area contributed by atoms with Gasteiger partial charge in [0.05, 0.1) is 16.9 Å². The van der Waals surface area contributed by atoms with Crippen LogP contribution in [0, 0.1) is 13.8 Å². The normalized spacial score (nSPS) is 12.4. The molecule has 0 saturated carbocycles. The van der Waals surface area contributed by atoms with Gasteiger partial charge in [-0.3, -0.25) is 4.79 Å². The van der Waals surface area contributed by atoms with Crippen LogP contribution in [0.15, 0.2) is 48.5 Å². The molecule has 0 fully saturated rings. The molecule has 0 saturated heterocycles. The SMILES string of the molecule is CC[C@H](C)n1nc(NC(=O)c2ccccc2C)c2cc3cc(C)ccc3nc21. The van der Waals surface area contributed by atoms with E-state index in [1.165, 1.54) is 5.56 Å². The Balaban J connectivity index is 1.87. The number of pyridine rings is 1. The molecule has 4 aromatic rings. The molecule has 1 N–H and O–H groups in total. The minimum atomic E-state index is -0.154. The van der Waals surface area contributed by atoms with Gasteiger partial charge in [-0.1, -0.05) is 36.8 Å². The van der Waals surface area contributed by atoms with Gasteiger partial charge in [0.25, 0.3) is 5.91 Å². The molecule has 0 aliphatic carbocycles. The highest BCUT2D eigenvalue weighted by Crippen LogP contribution is 2.29. The van der Waals surface area contributed by atoms with Gasteiger partial charge in [0.15, 0.2) is 11.5 Å². The lowest BCUT2D eigenvalue weighted by Gasteiger charge is -2.10. The van der Waals surface area contributed by atoms with Gasteiger partial charge < -0.3 is 5.32 Å². The number of benzene rings is 2. The van der Waals surface area contributed by atoms with Crippen LogP contribution in [0.4, 0.5) is 5.82 Å². The summed E-state index contributed by atoms with van der Waals surface area (Å²) >= 11 is 0. The van der Waals surface area contributed by atoms with Crippen LogP contribution in [0.2, 0.25) is 0 Å². The molecule has 5 heteroatoms. The van der Waals surface area contributed by atoms with Gasteiger partial charge in [0.2, 0.25) is 0 Å². The Kier molecular flexibility index (Phi) is 4.59. The van der Waals surface area contributed by atoms with E-state index in [4.69, 9.17) is 10.1 Å². The summed E-state index contributed by atoms with van der Waals surface area (Å²) in [5.41, 5.74) is 4.49. The first-order valence-corrected chi connectivity index (χ1v) is 9.64. The first kappa shape index (κ1) is 18.2. The highest BCUT2D eigenvalue weighted by Gasteiger charge is 2.19. The van der Waals surface area contributed by atoms with E-state index in [0.29, 0.717) is 11.4 Å².